The van der Waals surface area contributed by atoms with Crippen LogP contribution < -0.4 is 0 Å². The summed E-state index contributed by atoms with van der Waals surface area (Å²) in [5.41, 5.74) is 1.05. The molecule has 0 radical (unpaired) electrons. The van der Waals surface area contributed by atoms with E-state index in [2.05, 4.69) is 0 Å². The first kappa shape index (κ1) is 27.4. The van der Waals surface area contributed by atoms with Gasteiger partial charge in [0.15, 0.2) is 0 Å². The Morgan fingerprint density at radius 3 is 1.58 bits per heavy atom. The molecule has 6 N–H and O–H groups in total. The van der Waals surface area contributed by atoms with Crippen molar-refractivity contribution in [3.63, 3.8) is 0 Å². The third-order valence-corrected chi connectivity index (χ3v) is 6.96. The summed E-state index contributed by atoms with van der Waals surface area (Å²) in [6.07, 6.45) is -4.84. The summed E-state index contributed by atoms with van der Waals surface area (Å²) in [7, 11) is 0. The van der Waals surface area contributed by atoms with Crippen LogP contribution in [0.1, 0.15) is 53.1 Å². The summed E-state index contributed by atoms with van der Waals surface area (Å²) in [5, 5.41) is 65.8. The molecule has 0 bridgehead atoms. The van der Waals surface area contributed by atoms with E-state index in [1.54, 1.807) is 0 Å². The van der Waals surface area contributed by atoms with Crippen molar-refractivity contribution < 1.29 is 30.6 Å². The van der Waals surface area contributed by atoms with Gasteiger partial charge in [-0.15, -0.1) is 0 Å². The van der Waals surface area contributed by atoms with Crippen molar-refractivity contribution in [3.8, 4) is 0 Å². The number of benzene rings is 2. The third kappa shape index (κ3) is 5.83. The number of aryl methyl sites for hydroxylation is 4. The van der Waals surface area contributed by atoms with Crippen LogP contribution in [0.5, 0.6) is 0 Å². The second-order valence-corrected chi connectivity index (χ2v) is 9.54. The average Bonchev–Trinajstić information content (AvgIpc) is 2.77. The van der Waals surface area contributed by atoms with Gasteiger partial charge in [-0.25, -0.2) is 0 Å². The molecule has 0 fully saturated rings. The lowest BCUT2D eigenvalue weighted by Crippen LogP contribution is -2.66. The van der Waals surface area contributed by atoms with Gasteiger partial charge in [0.05, 0.1) is 12.2 Å². The standard InChI is InChI=1S/C27H40O6/c1-6-13-26(32,14-21-17(2)9-7-10-18(21)3)25(31)27(33,24(30)23(29)16-28)15-22-19(4)11-8-12-20(22)5/h7-12,23-25,28-33H,6,13-16H2,1-5H3/t23-,24+,25+,26?,27+/m0/s1. The van der Waals surface area contributed by atoms with Gasteiger partial charge < -0.3 is 30.6 Å². The molecule has 6 heteroatoms. The molecule has 0 saturated heterocycles. The Morgan fingerprint density at radius 2 is 1.18 bits per heavy atom. The lowest BCUT2D eigenvalue weighted by molar-refractivity contribution is -0.230. The Bertz CT molecular complexity index is 888. The van der Waals surface area contributed by atoms with Crippen molar-refractivity contribution in [1.29, 1.82) is 0 Å². The maximum absolute atomic E-state index is 11.8. The zero-order valence-corrected chi connectivity index (χ0v) is 20.4. The van der Waals surface area contributed by atoms with Gasteiger partial charge in [0.2, 0.25) is 0 Å². The summed E-state index contributed by atoms with van der Waals surface area (Å²) in [4.78, 5) is 0. The van der Waals surface area contributed by atoms with E-state index in [0.29, 0.717) is 12.0 Å². The molecule has 0 aliphatic carbocycles. The molecular weight excluding hydrogens is 420 g/mol. The molecule has 0 amide bonds. The lowest BCUT2D eigenvalue weighted by Gasteiger charge is -2.46. The molecule has 0 saturated carbocycles. The van der Waals surface area contributed by atoms with Gasteiger partial charge in [-0.3, -0.25) is 0 Å². The van der Waals surface area contributed by atoms with Crippen molar-refractivity contribution in [1.82, 2.24) is 0 Å². The van der Waals surface area contributed by atoms with E-state index in [9.17, 15) is 30.6 Å². The number of aliphatic hydroxyl groups is 6. The highest BCUT2D eigenvalue weighted by atomic mass is 16.4. The van der Waals surface area contributed by atoms with E-state index in [1.807, 2.05) is 71.0 Å². The first-order valence-corrected chi connectivity index (χ1v) is 11.6. The van der Waals surface area contributed by atoms with Crippen LogP contribution in [0.15, 0.2) is 36.4 Å². The lowest BCUT2D eigenvalue weighted by atomic mass is 9.70. The van der Waals surface area contributed by atoms with Crippen molar-refractivity contribution in [3.05, 3.63) is 69.8 Å². The minimum absolute atomic E-state index is 0.0670. The van der Waals surface area contributed by atoms with Crippen LogP contribution in [0.2, 0.25) is 0 Å². The van der Waals surface area contributed by atoms with E-state index in [0.717, 1.165) is 27.8 Å². The average molecular weight is 461 g/mol. The van der Waals surface area contributed by atoms with Crippen LogP contribution in [-0.2, 0) is 12.8 Å². The molecule has 2 aromatic rings. The number of hydrogen-bond acceptors (Lipinski definition) is 6. The van der Waals surface area contributed by atoms with Crippen LogP contribution in [-0.4, -0.2) is 66.8 Å². The van der Waals surface area contributed by atoms with E-state index in [-0.39, 0.29) is 19.3 Å². The Balaban J connectivity index is 2.61. The van der Waals surface area contributed by atoms with E-state index in [1.165, 1.54) is 0 Å². The van der Waals surface area contributed by atoms with Gasteiger partial charge in [-0.1, -0.05) is 49.7 Å². The van der Waals surface area contributed by atoms with E-state index >= 15 is 0 Å². The zero-order valence-electron chi connectivity index (χ0n) is 20.4. The van der Waals surface area contributed by atoms with Gasteiger partial charge >= 0.3 is 0 Å². The highest BCUT2D eigenvalue weighted by Crippen LogP contribution is 2.37. The van der Waals surface area contributed by atoms with Crippen LogP contribution >= 0.6 is 0 Å². The highest BCUT2D eigenvalue weighted by Gasteiger charge is 2.54. The number of hydrogen-bond donors (Lipinski definition) is 6. The van der Waals surface area contributed by atoms with Crippen molar-refractivity contribution in [2.24, 2.45) is 0 Å². The molecule has 6 nitrogen and oxygen atoms in total. The summed E-state index contributed by atoms with van der Waals surface area (Å²) in [5.74, 6) is 0. The number of rotatable bonds is 11. The van der Waals surface area contributed by atoms with Crippen LogP contribution in [0.3, 0.4) is 0 Å². The van der Waals surface area contributed by atoms with Crippen LogP contribution in [0.4, 0.5) is 0 Å². The van der Waals surface area contributed by atoms with Gasteiger partial charge in [0.25, 0.3) is 0 Å². The zero-order chi connectivity index (χ0) is 25.0. The largest absolute Gasteiger partial charge is 0.394 e. The van der Waals surface area contributed by atoms with E-state index < -0.39 is 36.1 Å². The molecule has 0 aliphatic heterocycles. The first-order valence-electron chi connectivity index (χ1n) is 11.6. The SMILES string of the molecule is CCCC(O)(Cc1c(C)cccc1C)[C@@H](O)[C@@](O)(Cc1c(C)cccc1C)[C@H](O)[C@@H](O)CO. The summed E-state index contributed by atoms with van der Waals surface area (Å²) in [6, 6.07) is 11.4. The molecule has 2 rings (SSSR count). The fraction of sp³-hybridized carbons (Fsp3) is 0.556. The van der Waals surface area contributed by atoms with Crippen molar-refractivity contribution >= 4 is 0 Å². The first-order chi connectivity index (χ1) is 15.4. The topological polar surface area (TPSA) is 121 Å². The second-order valence-electron chi connectivity index (χ2n) is 9.54. The van der Waals surface area contributed by atoms with E-state index in [4.69, 9.17) is 0 Å². The van der Waals surface area contributed by atoms with Gasteiger partial charge in [-0.05, 0) is 67.5 Å². The van der Waals surface area contributed by atoms with Gasteiger partial charge in [-0.2, -0.15) is 0 Å². The molecule has 0 aromatic heterocycles. The molecule has 0 heterocycles. The second kappa shape index (κ2) is 11.1. The van der Waals surface area contributed by atoms with Gasteiger partial charge in [0, 0.05) is 12.8 Å². The van der Waals surface area contributed by atoms with Crippen LogP contribution in [0, 0.1) is 27.7 Å². The Kier molecular flexibility index (Phi) is 9.22. The predicted molar refractivity (Wildman–Crippen MR) is 129 cm³/mol. The molecule has 2 aromatic carbocycles. The van der Waals surface area contributed by atoms with Crippen LogP contribution in [0.25, 0.3) is 0 Å². The summed E-state index contributed by atoms with van der Waals surface area (Å²) in [6.45, 7) is 8.64. The smallest absolute Gasteiger partial charge is 0.126 e. The minimum Gasteiger partial charge on any atom is -0.394 e. The Hall–Kier alpha value is -1.80. The molecule has 1 unspecified atom stereocenters. The van der Waals surface area contributed by atoms with Crippen molar-refractivity contribution in [2.75, 3.05) is 6.61 Å². The monoisotopic (exact) mass is 460 g/mol. The molecular formula is C27H40O6. The van der Waals surface area contributed by atoms with Gasteiger partial charge in [0.1, 0.15) is 23.9 Å². The maximum Gasteiger partial charge on any atom is 0.126 e. The fourth-order valence-corrected chi connectivity index (χ4v) is 4.86. The molecule has 0 aliphatic rings. The Labute approximate surface area is 197 Å². The third-order valence-electron chi connectivity index (χ3n) is 6.96. The van der Waals surface area contributed by atoms with Crippen molar-refractivity contribution in [2.45, 2.75) is 89.8 Å². The highest BCUT2D eigenvalue weighted by molar-refractivity contribution is 5.37. The molecule has 184 valence electrons. The Morgan fingerprint density at radius 1 is 0.758 bits per heavy atom. The fourth-order valence-electron chi connectivity index (χ4n) is 4.86. The molecule has 33 heavy (non-hydrogen) atoms. The maximum atomic E-state index is 11.8. The molecule has 0 spiro atoms. The minimum atomic E-state index is -2.32. The molecule has 5 atom stereocenters. The quantitative estimate of drug-likeness (QED) is 0.305. The summed E-state index contributed by atoms with van der Waals surface area (Å²) < 4.78 is 0. The predicted octanol–water partition coefficient (Wildman–Crippen LogP) is 2.04. The number of aliphatic hydroxyl groups excluding tert-OH is 4. The normalized spacial score (nSPS) is 18.3. The summed E-state index contributed by atoms with van der Waals surface area (Å²) >= 11 is 0.